The van der Waals surface area contributed by atoms with E-state index in [-0.39, 0.29) is 29.8 Å². The van der Waals surface area contributed by atoms with Gasteiger partial charge in [-0.2, -0.15) is 4.98 Å². The molecule has 2 aliphatic rings. The third-order valence-electron chi connectivity index (χ3n) is 5.77. The number of piperidine rings is 1. The van der Waals surface area contributed by atoms with Crippen molar-refractivity contribution in [2.75, 3.05) is 22.1 Å². The molecule has 0 radical (unpaired) electrons. The highest BCUT2D eigenvalue weighted by molar-refractivity contribution is 6.31. The Labute approximate surface area is 179 Å². The summed E-state index contributed by atoms with van der Waals surface area (Å²) in [6.45, 7) is 4.73. The molecule has 0 aliphatic carbocycles. The van der Waals surface area contributed by atoms with Crippen LogP contribution >= 0.6 is 11.6 Å². The summed E-state index contributed by atoms with van der Waals surface area (Å²) in [4.78, 5) is 47.5. The molecular weight excluding hydrogens is 406 g/mol. The van der Waals surface area contributed by atoms with Crippen LogP contribution in [0.5, 0.6) is 0 Å². The van der Waals surface area contributed by atoms with Crippen molar-refractivity contribution in [3.05, 3.63) is 44.7 Å². The average molecular weight is 430 g/mol. The minimum absolute atomic E-state index is 0.122. The molecule has 2 amide bonds. The maximum atomic E-state index is 12.9. The summed E-state index contributed by atoms with van der Waals surface area (Å²) in [6.07, 6.45) is 3.04. The Morgan fingerprint density at radius 2 is 2.10 bits per heavy atom. The van der Waals surface area contributed by atoms with Crippen molar-refractivity contribution in [3.63, 3.8) is 0 Å². The normalized spacial score (nSPS) is 21.0. The molecule has 0 bridgehead atoms. The van der Waals surface area contributed by atoms with Gasteiger partial charge in [0.15, 0.2) is 0 Å². The number of halogens is 1. The van der Waals surface area contributed by atoms with E-state index in [0.717, 1.165) is 31.4 Å². The fourth-order valence-corrected chi connectivity index (χ4v) is 4.21. The summed E-state index contributed by atoms with van der Waals surface area (Å²) < 4.78 is 0. The number of fused-ring (bicyclic) bond motifs is 1. The number of aromatic nitrogens is 2. The van der Waals surface area contributed by atoms with E-state index in [2.05, 4.69) is 27.5 Å². The van der Waals surface area contributed by atoms with Crippen LogP contribution in [0.1, 0.15) is 49.7 Å². The first-order valence-electron chi connectivity index (χ1n) is 10.1. The number of carbonyl (C=O) groups excluding carboxylic acids is 2. The highest BCUT2D eigenvalue weighted by Gasteiger charge is 2.35. The molecule has 30 heavy (non-hydrogen) atoms. The number of amides is 2. The minimum Gasteiger partial charge on any atom is -0.340 e. The summed E-state index contributed by atoms with van der Waals surface area (Å²) in [5.41, 5.74) is 1.16. The second-order valence-electron chi connectivity index (χ2n) is 7.95. The highest BCUT2D eigenvalue weighted by atomic mass is 35.5. The fourth-order valence-electron chi connectivity index (χ4n) is 4.03. The number of H-pyrrole nitrogens is 1. The molecule has 1 saturated heterocycles. The van der Waals surface area contributed by atoms with E-state index in [4.69, 9.17) is 11.6 Å². The molecule has 1 fully saturated rings. The average Bonchev–Trinajstić information content (AvgIpc) is 2.70. The zero-order chi connectivity index (χ0) is 21.4. The number of benzene rings is 1. The number of nitrogens with one attached hydrogen (secondary N) is 3. The predicted octanol–water partition coefficient (Wildman–Crippen LogP) is 3.18. The van der Waals surface area contributed by atoms with Crippen molar-refractivity contribution in [2.45, 2.75) is 51.5 Å². The molecule has 2 aromatic rings. The van der Waals surface area contributed by atoms with E-state index in [9.17, 15) is 14.4 Å². The molecule has 3 heterocycles. The van der Waals surface area contributed by atoms with Gasteiger partial charge in [0.05, 0.1) is 11.5 Å². The van der Waals surface area contributed by atoms with Crippen molar-refractivity contribution < 1.29 is 9.59 Å². The molecule has 1 aromatic carbocycles. The Kier molecular flexibility index (Phi) is 5.51. The Hall–Kier alpha value is -2.87. The second kappa shape index (κ2) is 8.10. The molecule has 9 heteroatoms. The summed E-state index contributed by atoms with van der Waals surface area (Å²) in [5.74, 6) is -1.14. The van der Waals surface area contributed by atoms with Gasteiger partial charge in [-0.25, -0.2) is 0 Å². The van der Waals surface area contributed by atoms with Gasteiger partial charge >= 0.3 is 0 Å². The van der Waals surface area contributed by atoms with Crippen molar-refractivity contribution in [1.29, 1.82) is 0 Å². The first-order chi connectivity index (χ1) is 14.3. The van der Waals surface area contributed by atoms with Gasteiger partial charge in [-0.3, -0.25) is 19.4 Å². The number of aryl methyl sites for hydroxylation is 1. The Morgan fingerprint density at radius 3 is 2.83 bits per heavy atom. The number of nitrogens with zero attached hydrogens (tertiary/aromatic N) is 2. The topological polar surface area (TPSA) is 107 Å². The van der Waals surface area contributed by atoms with Crippen LogP contribution in [0.3, 0.4) is 0 Å². The lowest BCUT2D eigenvalue weighted by molar-refractivity contribution is -0.123. The largest absolute Gasteiger partial charge is 0.340 e. The van der Waals surface area contributed by atoms with Crippen LogP contribution in [0.2, 0.25) is 5.02 Å². The molecule has 3 N–H and O–H groups in total. The van der Waals surface area contributed by atoms with Crippen molar-refractivity contribution >= 4 is 40.9 Å². The summed E-state index contributed by atoms with van der Waals surface area (Å²) in [5, 5.41) is 5.94. The van der Waals surface area contributed by atoms with Crippen LogP contribution in [0.15, 0.2) is 23.0 Å². The van der Waals surface area contributed by atoms with Crippen molar-refractivity contribution in [2.24, 2.45) is 0 Å². The Bertz CT molecular complexity index is 1070. The summed E-state index contributed by atoms with van der Waals surface area (Å²) >= 11 is 6.13. The molecule has 4 rings (SSSR count). The third kappa shape index (κ3) is 3.92. The van der Waals surface area contributed by atoms with Crippen LogP contribution in [-0.2, 0) is 9.59 Å². The highest BCUT2D eigenvalue weighted by Crippen LogP contribution is 2.31. The van der Waals surface area contributed by atoms with E-state index >= 15 is 0 Å². The van der Waals surface area contributed by atoms with Gasteiger partial charge in [-0.1, -0.05) is 17.7 Å². The number of hydrogen-bond donors (Lipinski definition) is 3. The molecule has 2 atom stereocenters. The van der Waals surface area contributed by atoms with Crippen molar-refractivity contribution in [3.8, 4) is 0 Å². The van der Waals surface area contributed by atoms with Crippen LogP contribution in [0, 0.1) is 6.92 Å². The quantitative estimate of drug-likeness (QED) is 0.694. The predicted molar refractivity (Wildman–Crippen MR) is 116 cm³/mol. The molecule has 8 nitrogen and oxygen atoms in total. The Balaban J connectivity index is 1.65. The lowest BCUT2D eigenvalue weighted by atomic mass is 9.92. The van der Waals surface area contributed by atoms with E-state index in [1.165, 1.54) is 0 Å². The standard InChI is InChI=1S/C21H24ClN5O3/c1-11-6-7-13(9-15(11)22)23-19(29)14-10-16(28)24-18-17(14)20(30)26-21(25-18)27-8-4-3-5-12(27)2/h6-7,9,12,14H,3-5,8,10H2,1-2H3,(H,23,29)(H2,24,25,26,28,30)/t12-,14-/m1/s1. The maximum absolute atomic E-state index is 12.9. The lowest BCUT2D eigenvalue weighted by Crippen LogP contribution is -2.41. The molecule has 158 valence electrons. The number of carbonyl (C=O) groups is 2. The van der Waals surface area contributed by atoms with Gasteiger partial charge in [0.1, 0.15) is 5.82 Å². The first-order valence-corrected chi connectivity index (χ1v) is 10.5. The summed E-state index contributed by atoms with van der Waals surface area (Å²) in [6, 6.07) is 5.40. The van der Waals surface area contributed by atoms with Crippen LogP contribution in [0.25, 0.3) is 0 Å². The zero-order valence-corrected chi connectivity index (χ0v) is 17.7. The van der Waals surface area contributed by atoms with E-state index < -0.39 is 17.4 Å². The minimum atomic E-state index is -0.932. The molecule has 0 saturated carbocycles. The third-order valence-corrected chi connectivity index (χ3v) is 6.18. The van der Waals surface area contributed by atoms with E-state index in [0.29, 0.717) is 16.7 Å². The van der Waals surface area contributed by atoms with Gasteiger partial charge in [0.25, 0.3) is 5.56 Å². The smallest absolute Gasteiger partial charge is 0.258 e. The molecule has 1 aromatic heterocycles. The number of aromatic amines is 1. The van der Waals surface area contributed by atoms with E-state index in [1.807, 2.05) is 11.8 Å². The SMILES string of the molecule is Cc1ccc(NC(=O)[C@@H]2CC(=O)Nc3nc(N4CCCC[C@H]4C)[nH]c(=O)c32)cc1Cl. The first kappa shape index (κ1) is 20.4. The van der Waals surface area contributed by atoms with E-state index in [1.54, 1.807) is 18.2 Å². The zero-order valence-electron chi connectivity index (χ0n) is 16.9. The van der Waals surface area contributed by atoms with Gasteiger partial charge < -0.3 is 15.5 Å². The van der Waals surface area contributed by atoms with Crippen molar-refractivity contribution in [1.82, 2.24) is 9.97 Å². The number of hydrogen-bond acceptors (Lipinski definition) is 5. The molecule has 0 spiro atoms. The van der Waals surface area contributed by atoms with Gasteiger partial charge in [-0.15, -0.1) is 0 Å². The number of rotatable bonds is 3. The second-order valence-corrected chi connectivity index (χ2v) is 8.36. The monoisotopic (exact) mass is 429 g/mol. The van der Waals surface area contributed by atoms with Crippen LogP contribution in [0.4, 0.5) is 17.5 Å². The van der Waals surface area contributed by atoms with Gasteiger partial charge in [0.2, 0.25) is 17.8 Å². The molecule has 0 unspecified atom stereocenters. The van der Waals surface area contributed by atoms with Crippen LogP contribution in [-0.4, -0.2) is 34.4 Å². The number of anilines is 3. The molecule has 2 aliphatic heterocycles. The lowest BCUT2D eigenvalue weighted by Gasteiger charge is -2.34. The van der Waals surface area contributed by atoms with Gasteiger partial charge in [-0.05, 0) is 50.8 Å². The fraction of sp³-hybridized carbons (Fsp3) is 0.429. The Morgan fingerprint density at radius 1 is 1.30 bits per heavy atom. The molecular formula is C21H24ClN5O3. The summed E-state index contributed by atoms with van der Waals surface area (Å²) in [7, 11) is 0. The van der Waals surface area contributed by atoms with Crippen LogP contribution < -0.4 is 21.1 Å². The van der Waals surface area contributed by atoms with Gasteiger partial charge in [0, 0.05) is 29.7 Å². The maximum Gasteiger partial charge on any atom is 0.258 e.